The third-order valence-electron chi connectivity index (χ3n) is 3.33. The highest BCUT2D eigenvalue weighted by Crippen LogP contribution is 2.03. The Morgan fingerprint density at radius 2 is 1.35 bits per heavy atom. The van der Waals surface area contributed by atoms with E-state index in [0.29, 0.717) is 6.61 Å². The number of carboxylic acid groups (broad SMARTS) is 1. The molecule has 0 aromatic heterocycles. The highest BCUT2D eigenvalue weighted by Gasteiger charge is 1.94. The van der Waals surface area contributed by atoms with Crippen LogP contribution in [0.2, 0.25) is 0 Å². The van der Waals surface area contributed by atoms with E-state index >= 15 is 0 Å². The van der Waals surface area contributed by atoms with Crippen molar-refractivity contribution in [2.24, 2.45) is 0 Å². The van der Waals surface area contributed by atoms with Crippen molar-refractivity contribution in [2.45, 2.75) is 64.2 Å². The summed E-state index contributed by atoms with van der Waals surface area (Å²) >= 11 is 0. The molecule has 0 unspecified atom stereocenters. The van der Waals surface area contributed by atoms with Crippen LogP contribution in [-0.2, 0) is 4.79 Å². The zero-order valence-electron chi connectivity index (χ0n) is 14.2. The molecule has 0 fully saturated rings. The van der Waals surface area contributed by atoms with Gasteiger partial charge in [0.25, 0.3) is 0 Å². The van der Waals surface area contributed by atoms with Gasteiger partial charge in [-0.3, -0.25) is 4.79 Å². The minimum Gasteiger partial charge on any atom is -0.481 e. The first-order valence-corrected chi connectivity index (χ1v) is 8.73. The smallest absolute Gasteiger partial charge is 0.303 e. The van der Waals surface area contributed by atoms with Crippen LogP contribution in [0.15, 0.2) is 48.6 Å². The third kappa shape index (κ3) is 20.4. The molecule has 0 saturated heterocycles. The Balaban J connectivity index is 3.42. The Kier molecular flexibility index (Phi) is 17.1. The number of allylic oxidation sites excluding steroid dienone is 8. The molecule has 0 aromatic rings. The molecular formula is C20H32O3. The Morgan fingerprint density at radius 3 is 2.04 bits per heavy atom. The van der Waals surface area contributed by atoms with E-state index in [9.17, 15) is 4.79 Å². The molecule has 0 saturated carbocycles. The van der Waals surface area contributed by atoms with Gasteiger partial charge in [-0.2, -0.15) is 0 Å². The molecule has 0 bridgehead atoms. The van der Waals surface area contributed by atoms with E-state index in [0.717, 1.165) is 57.8 Å². The second-order valence-electron chi connectivity index (χ2n) is 5.51. The average Bonchev–Trinajstić information content (AvgIpc) is 2.53. The zero-order chi connectivity index (χ0) is 17.0. The minimum absolute atomic E-state index is 0.283. The summed E-state index contributed by atoms with van der Waals surface area (Å²) in [5, 5.41) is 17.2. The van der Waals surface area contributed by atoms with Gasteiger partial charge in [0, 0.05) is 13.0 Å². The quantitative estimate of drug-likeness (QED) is 0.248. The van der Waals surface area contributed by atoms with Crippen molar-refractivity contribution in [1.82, 2.24) is 0 Å². The van der Waals surface area contributed by atoms with Gasteiger partial charge in [-0.05, 0) is 44.9 Å². The lowest BCUT2D eigenvalue weighted by atomic mass is 10.1. The molecule has 0 radical (unpaired) electrons. The van der Waals surface area contributed by atoms with Crippen molar-refractivity contribution in [3.8, 4) is 0 Å². The summed E-state index contributed by atoms with van der Waals surface area (Å²) in [6.07, 6.45) is 26.1. The maximum absolute atomic E-state index is 10.3. The number of aliphatic hydroxyl groups excluding tert-OH is 1. The van der Waals surface area contributed by atoms with Crippen molar-refractivity contribution in [3.63, 3.8) is 0 Å². The first-order chi connectivity index (χ1) is 11.3. The first kappa shape index (κ1) is 21.4. The molecule has 2 N–H and O–H groups in total. The van der Waals surface area contributed by atoms with Crippen molar-refractivity contribution in [3.05, 3.63) is 48.6 Å². The molecule has 0 aromatic carbocycles. The van der Waals surface area contributed by atoms with Crippen LogP contribution in [0.4, 0.5) is 0 Å². The van der Waals surface area contributed by atoms with Gasteiger partial charge in [0.15, 0.2) is 0 Å². The molecule has 0 aliphatic carbocycles. The number of hydrogen-bond acceptors (Lipinski definition) is 2. The van der Waals surface area contributed by atoms with Gasteiger partial charge in [-0.1, -0.05) is 61.4 Å². The maximum Gasteiger partial charge on any atom is 0.303 e. The van der Waals surface area contributed by atoms with Gasteiger partial charge >= 0.3 is 5.97 Å². The Morgan fingerprint density at radius 1 is 0.696 bits per heavy atom. The molecule has 3 heteroatoms. The normalized spacial score (nSPS) is 12.4. The summed E-state index contributed by atoms with van der Waals surface area (Å²) in [6, 6.07) is 0. The number of carbonyl (C=O) groups is 1. The third-order valence-corrected chi connectivity index (χ3v) is 3.33. The van der Waals surface area contributed by atoms with Gasteiger partial charge in [0.1, 0.15) is 0 Å². The second-order valence-corrected chi connectivity index (χ2v) is 5.51. The highest BCUT2D eigenvalue weighted by atomic mass is 16.4. The van der Waals surface area contributed by atoms with E-state index in [4.69, 9.17) is 10.2 Å². The number of aliphatic hydroxyl groups is 1. The van der Waals surface area contributed by atoms with Crippen molar-refractivity contribution >= 4 is 5.97 Å². The molecule has 0 rings (SSSR count). The number of hydrogen-bond donors (Lipinski definition) is 2. The summed E-state index contributed by atoms with van der Waals surface area (Å²) in [7, 11) is 0. The number of aliphatic carboxylic acids is 1. The van der Waals surface area contributed by atoms with E-state index in [1.807, 2.05) is 24.3 Å². The van der Waals surface area contributed by atoms with Gasteiger partial charge in [-0.15, -0.1) is 0 Å². The molecule has 3 nitrogen and oxygen atoms in total. The van der Waals surface area contributed by atoms with Gasteiger partial charge < -0.3 is 10.2 Å². The van der Waals surface area contributed by atoms with E-state index in [2.05, 4.69) is 24.3 Å². The van der Waals surface area contributed by atoms with Crippen LogP contribution >= 0.6 is 0 Å². The molecule has 0 heterocycles. The lowest BCUT2D eigenvalue weighted by molar-refractivity contribution is -0.137. The predicted octanol–water partition coefficient (Wildman–Crippen LogP) is 5.19. The Bertz CT molecular complexity index is 378. The van der Waals surface area contributed by atoms with E-state index in [-0.39, 0.29) is 6.42 Å². The monoisotopic (exact) mass is 320 g/mol. The van der Waals surface area contributed by atoms with Crippen LogP contribution < -0.4 is 0 Å². The lowest BCUT2D eigenvalue weighted by Crippen LogP contribution is -1.93. The Labute approximate surface area is 141 Å². The van der Waals surface area contributed by atoms with Crippen molar-refractivity contribution in [2.75, 3.05) is 6.61 Å². The van der Waals surface area contributed by atoms with E-state index < -0.39 is 5.97 Å². The Hall–Kier alpha value is -1.61. The van der Waals surface area contributed by atoms with E-state index in [1.165, 1.54) is 0 Å². The van der Waals surface area contributed by atoms with Crippen molar-refractivity contribution < 1.29 is 15.0 Å². The molecule has 0 aliphatic rings. The molecule has 130 valence electrons. The van der Waals surface area contributed by atoms with Crippen LogP contribution in [0.5, 0.6) is 0 Å². The standard InChI is InChI=1S/C20H32O3/c21-19-17-15-13-11-9-7-5-3-1-2-4-6-8-10-12-14-16-18-20(22)23/h1-4,6-9,21H,5,10-19H2,(H,22,23)/b3-1?,4-2?,8-6+,9-7-. The lowest BCUT2D eigenvalue weighted by Gasteiger charge is -1.94. The van der Waals surface area contributed by atoms with Crippen LogP contribution in [0.25, 0.3) is 0 Å². The first-order valence-electron chi connectivity index (χ1n) is 8.73. The number of unbranched alkanes of at least 4 members (excludes halogenated alkanes) is 6. The van der Waals surface area contributed by atoms with Crippen LogP contribution in [0.1, 0.15) is 64.2 Å². The van der Waals surface area contributed by atoms with Crippen LogP contribution in [0, 0.1) is 0 Å². The predicted molar refractivity (Wildman–Crippen MR) is 97.5 cm³/mol. The minimum atomic E-state index is -0.702. The summed E-state index contributed by atoms with van der Waals surface area (Å²) in [4.78, 5) is 10.3. The molecule has 0 aliphatic heterocycles. The summed E-state index contributed by atoms with van der Waals surface area (Å²) < 4.78 is 0. The van der Waals surface area contributed by atoms with Crippen LogP contribution in [-0.4, -0.2) is 22.8 Å². The highest BCUT2D eigenvalue weighted by molar-refractivity contribution is 5.66. The molecule has 0 amide bonds. The summed E-state index contributed by atoms with van der Waals surface area (Å²) in [5.74, 6) is -0.702. The molecule has 23 heavy (non-hydrogen) atoms. The van der Waals surface area contributed by atoms with Gasteiger partial charge in [0.05, 0.1) is 0 Å². The summed E-state index contributed by atoms with van der Waals surface area (Å²) in [6.45, 7) is 0.304. The SMILES string of the molecule is O=C(O)CCCCC/C=C/C=CC=CC/C=C\CCCCCO. The number of carboxylic acids is 1. The second kappa shape index (κ2) is 18.4. The van der Waals surface area contributed by atoms with Crippen molar-refractivity contribution in [1.29, 1.82) is 0 Å². The number of rotatable bonds is 15. The fourth-order valence-corrected chi connectivity index (χ4v) is 2.02. The molecule has 0 spiro atoms. The maximum atomic E-state index is 10.3. The van der Waals surface area contributed by atoms with Gasteiger partial charge in [0.2, 0.25) is 0 Å². The average molecular weight is 320 g/mol. The van der Waals surface area contributed by atoms with Gasteiger partial charge in [-0.25, -0.2) is 0 Å². The van der Waals surface area contributed by atoms with E-state index in [1.54, 1.807) is 0 Å². The largest absolute Gasteiger partial charge is 0.481 e. The molecule has 0 atom stereocenters. The summed E-state index contributed by atoms with van der Waals surface area (Å²) in [5.41, 5.74) is 0. The topological polar surface area (TPSA) is 57.5 Å². The fraction of sp³-hybridized carbons (Fsp3) is 0.550. The zero-order valence-corrected chi connectivity index (χ0v) is 14.2. The molecular weight excluding hydrogens is 288 g/mol. The fourth-order valence-electron chi connectivity index (χ4n) is 2.02. The van der Waals surface area contributed by atoms with Crippen LogP contribution in [0.3, 0.4) is 0 Å².